The minimum absolute atomic E-state index is 0.657. The zero-order valence-electron chi connectivity index (χ0n) is 12.2. The molecule has 2 rings (SSSR count). The fraction of sp³-hybridized carbons (Fsp3) is 0.312. The van der Waals surface area contributed by atoms with Crippen molar-refractivity contribution >= 4 is 23.4 Å². The number of nitrogens with one attached hydrogen (secondary N) is 1. The molecule has 3 nitrogen and oxygen atoms in total. The van der Waals surface area contributed by atoms with E-state index in [1.165, 1.54) is 11.1 Å². The van der Waals surface area contributed by atoms with E-state index in [1.54, 1.807) is 25.1 Å². The molecule has 0 spiro atoms. The van der Waals surface area contributed by atoms with Crippen molar-refractivity contribution in [2.75, 3.05) is 13.7 Å². The van der Waals surface area contributed by atoms with E-state index in [1.807, 2.05) is 18.2 Å². The monoisotopic (exact) mass is 322 g/mol. The maximum absolute atomic E-state index is 5.85. The predicted molar refractivity (Wildman–Crippen MR) is 89.2 cm³/mol. The maximum Gasteiger partial charge on any atom is 0.122 e. The molecule has 0 atom stereocenters. The van der Waals surface area contributed by atoms with E-state index in [0.29, 0.717) is 5.02 Å². The summed E-state index contributed by atoms with van der Waals surface area (Å²) >= 11 is 7.52. The van der Waals surface area contributed by atoms with Crippen LogP contribution in [0.1, 0.15) is 18.1 Å². The Bertz CT molecular complexity index is 575. The van der Waals surface area contributed by atoms with Gasteiger partial charge in [0.2, 0.25) is 0 Å². The zero-order chi connectivity index (χ0) is 15.1. The Morgan fingerprint density at radius 2 is 2.14 bits per heavy atom. The van der Waals surface area contributed by atoms with Gasteiger partial charge >= 0.3 is 0 Å². The number of hydrogen-bond acceptors (Lipinski definition) is 4. The number of aromatic nitrogens is 1. The van der Waals surface area contributed by atoms with E-state index in [-0.39, 0.29) is 0 Å². The fourth-order valence-electron chi connectivity index (χ4n) is 1.92. The molecule has 0 aliphatic heterocycles. The Morgan fingerprint density at radius 3 is 2.81 bits per heavy atom. The van der Waals surface area contributed by atoms with Crippen molar-refractivity contribution in [2.24, 2.45) is 0 Å². The molecule has 112 valence electrons. The molecule has 21 heavy (non-hydrogen) atoms. The number of ether oxygens (including phenoxy) is 1. The van der Waals surface area contributed by atoms with E-state index in [9.17, 15) is 0 Å². The first-order valence-electron chi connectivity index (χ1n) is 6.83. The first-order valence-corrected chi connectivity index (χ1v) is 8.20. The Balaban J connectivity index is 2.07. The average Bonchev–Trinajstić information content (AvgIpc) is 2.52. The molecule has 1 N–H and O–H groups in total. The van der Waals surface area contributed by atoms with Crippen LogP contribution < -0.4 is 10.1 Å². The normalized spacial score (nSPS) is 10.6. The van der Waals surface area contributed by atoms with Gasteiger partial charge in [0.05, 0.1) is 17.2 Å². The van der Waals surface area contributed by atoms with Gasteiger partial charge in [-0.05, 0) is 36.4 Å². The zero-order valence-corrected chi connectivity index (χ0v) is 13.8. The highest BCUT2D eigenvalue weighted by molar-refractivity contribution is 7.98. The van der Waals surface area contributed by atoms with Gasteiger partial charge in [0, 0.05) is 24.1 Å². The molecule has 0 saturated carbocycles. The van der Waals surface area contributed by atoms with Crippen LogP contribution in [0.4, 0.5) is 0 Å². The third-order valence-corrected chi connectivity index (χ3v) is 4.22. The standard InChI is InChI=1S/C16H19ClN2OS/c1-3-18-9-12-4-6-15(20-2)13(8-12)11-21-16-7-5-14(17)10-19-16/h4-8,10,18H,3,9,11H2,1-2H3. The van der Waals surface area contributed by atoms with E-state index in [2.05, 4.69) is 29.4 Å². The lowest BCUT2D eigenvalue weighted by Crippen LogP contribution is -2.11. The molecule has 0 bridgehead atoms. The van der Waals surface area contributed by atoms with Gasteiger partial charge in [-0.3, -0.25) is 0 Å². The second-order valence-electron chi connectivity index (χ2n) is 4.53. The summed E-state index contributed by atoms with van der Waals surface area (Å²) in [5.41, 5.74) is 2.44. The summed E-state index contributed by atoms with van der Waals surface area (Å²) in [6.07, 6.45) is 1.67. The average molecular weight is 323 g/mol. The van der Waals surface area contributed by atoms with Crippen LogP contribution in [0.5, 0.6) is 5.75 Å². The van der Waals surface area contributed by atoms with Gasteiger partial charge in [0.15, 0.2) is 0 Å². The van der Waals surface area contributed by atoms with Crippen molar-refractivity contribution in [1.82, 2.24) is 10.3 Å². The first-order chi connectivity index (χ1) is 10.2. The molecule has 0 amide bonds. The van der Waals surface area contributed by atoms with E-state index in [4.69, 9.17) is 16.3 Å². The van der Waals surface area contributed by atoms with Crippen LogP contribution in [0, 0.1) is 0 Å². The SMILES string of the molecule is CCNCc1ccc(OC)c(CSc2ccc(Cl)cn2)c1. The largest absolute Gasteiger partial charge is 0.496 e. The van der Waals surface area contributed by atoms with Crippen LogP contribution in [0.15, 0.2) is 41.6 Å². The van der Waals surface area contributed by atoms with Crippen molar-refractivity contribution < 1.29 is 4.74 Å². The number of halogens is 1. The van der Waals surface area contributed by atoms with Crippen molar-refractivity contribution in [3.05, 3.63) is 52.7 Å². The Labute approximate surface area is 135 Å². The van der Waals surface area contributed by atoms with Crippen molar-refractivity contribution in [3.8, 4) is 5.75 Å². The second-order valence-corrected chi connectivity index (χ2v) is 5.96. The predicted octanol–water partition coefficient (Wildman–Crippen LogP) is 4.15. The highest BCUT2D eigenvalue weighted by atomic mass is 35.5. The van der Waals surface area contributed by atoms with Crippen molar-refractivity contribution in [3.63, 3.8) is 0 Å². The molecule has 1 aromatic carbocycles. The highest BCUT2D eigenvalue weighted by Gasteiger charge is 2.06. The minimum Gasteiger partial charge on any atom is -0.496 e. The molecule has 1 aromatic heterocycles. The molecule has 0 unspecified atom stereocenters. The summed E-state index contributed by atoms with van der Waals surface area (Å²) < 4.78 is 5.44. The van der Waals surface area contributed by atoms with E-state index < -0.39 is 0 Å². The number of thioether (sulfide) groups is 1. The summed E-state index contributed by atoms with van der Waals surface area (Å²) in [4.78, 5) is 4.30. The summed E-state index contributed by atoms with van der Waals surface area (Å²) in [7, 11) is 1.70. The lowest BCUT2D eigenvalue weighted by molar-refractivity contribution is 0.411. The third-order valence-electron chi connectivity index (χ3n) is 3.00. The minimum atomic E-state index is 0.657. The Kier molecular flexibility index (Phi) is 6.36. The molecular weight excluding hydrogens is 304 g/mol. The summed E-state index contributed by atoms with van der Waals surface area (Å²) in [6, 6.07) is 10.1. The highest BCUT2D eigenvalue weighted by Crippen LogP contribution is 2.28. The topological polar surface area (TPSA) is 34.1 Å². The Morgan fingerprint density at radius 1 is 1.29 bits per heavy atom. The van der Waals surface area contributed by atoms with Gasteiger partial charge < -0.3 is 10.1 Å². The number of rotatable bonds is 7. The summed E-state index contributed by atoms with van der Waals surface area (Å²) in [5.74, 6) is 1.73. The molecule has 0 aliphatic rings. The molecule has 2 aromatic rings. The van der Waals surface area contributed by atoms with Gasteiger partial charge in [-0.1, -0.05) is 24.6 Å². The van der Waals surface area contributed by atoms with Crippen molar-refractivity contribution in [2.45, 2.75) is 24.2 Å². The second kappa shape index (κ2) is 8.27. The summed E-state index contributed by atoms with van der Waals surface area (Å²) in [6.45, 7) is 3.94. The quantitative estimate of drug-likeness (QED) is 0.777. The van der Waals surface area contributed by atoms with Gasteiger partial charge in [-0.2, -0.15) is 0 Å². The van der Waals surface area contributed by atoms with E-state index in [0.717, 1.165) is 29.6 Å². The third kappa shape index (κ3) is 4.92. The lowest BCUT2D eigenvalue weighted by Gasteiger charge is -2.11. The van der Waals surface area contributed by atoms with E-state index >= 15 is 0 Å². The molecular formula is C16H19ClN2OS. The fourth-order valence-corrected chi connectivity index (χ4v) is 2.86. The number of pyridine rings is 1. The van der Waals surface area contributed by atoms with Crippen LogP contribution in [0.2, 0.25) is 5.02 Å². The number of benzene rings is 1. The van der Waals surface area contributed by atoms with Gasteiger partial charge in [0.1, 0.15) is 5.75 Å². The first kappa shape index (κ1) is 16.1. The number of hydrogen-bond donors (Lipinski definition) is 1. The molecule has 0 aliphatic carbocycles. The van der Waals surface area contributed by atoms with Crippen LogP contribution >= 0.6 is 23.4 Å². The van der Waals surface area contributed by atoms with Gasteiger partial charge in [-0.25, -0.2) is 4.98 Å². The molecule has 0 radical (unpaired) electrons. The maximum atomic E-state index is 5.85. The van der Waals surface area contributed by atoms with Gasteiger partial charge in [-0.15, -0.1) is 11.8 Å². The van der Waals surface area contributed by atoms with Crippen LogP contribution in [0.3, 0.4) is 0 Å². The molecule has 1 heterocycles. The van der Waals surface area contributed by atoms with Crippen molar-refractivity contribution in [1.29, 1.82) is 0 Å². The van der Waals surface area contributed by atoms with Gasteiger partial charge in [0.25, 0.3) is 0 Å². The molecule has 0 saturated heterocycles. The lowest BCUT2D eigenvalue weighted by atomic mass is 10.1. The smallest absolute Gasteiger partial charge is 0.122 e. The number of nitrogens with zero attached hydrogens (tertiary/aromatic N) is 1. The van der Waals surface area contributed by atoms with Crippen LogP contribution in [0.25, 0.3) is 0 Å². The van der Waals surface area contributed by atoms with Crippen LogP contribution in [-0.4, -0.2) is 18.6 Å². The Hall–Kier alpha value is -1.23. The molecule has 5 heteroatoms. The summed E-state index contributed by atoms with van der Waals surface area (Å²) in [5, 5.41) is 4.95. The number of methoxy groups -OCH3 is 1. The van der Waals surface area contributed by atoms with Crippen LogP contribution in [-0.2, 0) is 12.3 Å². The molecule has 0 fully saturated rings.